The Morgan fingerprint density at radius 1 is 0.952 bits per heavy atom. The highest BCUT2D eigenvalue weighted by Crippen LogP contribution is 2.23. The number of benzene rings is 3. The van der Waals surface area contributed by atoms with Crippen LogP contribution in [0.4, 0.5) is 5.69 Å². The van der Waals surface area contributed by atoms with Crippen LogP contribution < -0.4 is 5.32 Å². The van der Waals surface area contributed by atoms with Crippen molar-refractivity contribution in [3.63, 3.8) is 0 Å². The second kappa shape index (κ2) is 5.80. The molecule has 1 amide bonds. The molecule has 3 aromatic rings. The van der Waals surface area contributed by atoms with Gasteiger partial charge >= 0.3 is 0 Å². The number of rotatable bonds is 2. The maximum atomic E-state index is 12.3. The molecule has 0 saturated heterocycles. The van der Waals surface area contributed by atoms with Gasteiger partial charge in [-0.05, 0) is 41.1 Å². The molecule has 2 nitrogen and oxygen atoms in total. The molecule has 0 spiro atoms. The van der Waals surface area contributed by atoms with E-state index in [1.54, 1.807) is 18.2 Å². The lowest BCUT2D eigenvalue weighted by molar-refractivity contribution is 0.102. The summed E-state index contributed by atoms with van der Waals surface area (Å²) in [6.45, 7) is 0. The summed E-state index contributed by atoms with van der Waals surface area (Å²) in [5.74, 6) is -0.244. The zero-order valence-electron chi connectivity index (χ0n) is 11.0. The fraction of sp³-hybridized carbons (Fsp3) is 0. The van der Waals surface area contributed by atoms with Gasteiger partial charge in [-0.1, -0.05) is 41.9 Å². The van der Waals surface area contributed by atoms with Gasteiger partial charge in [0.25, 0.3) is 5.91 Å². The average molecular weight is 314 g/mol. The summed E-state index contributed by atoms with van der Waals surface area (Å²) < 4.78 is 0. The van der Waals surface area contributed by atoms with Gasteiger partial charge in [-0.15, -0.1) is 12.6 Å². The minimum atomic E-state index is -0.244. The molecule has 0 bridgehead atoms. The molecule has 3 aromatic carbocycles. The summed E-state index contributed by atoms with van der Waals surface area (Å²) in [5.41, 5.74) is 1.15. The number of carbonyl (C=O) groups is 1. The van der Waals surface area contributed by atoms with Crippen LogP contribution in [-0.4, -0.2) is 5.91 Å². The number of nitrogens with one attached hydrogen (secondary N) is 1. The molecular weight excluding hydrogens is 302 g/mol. The number of thiol groups is 1. The summed E-state index contributed by atoms with van der Waals surface area (Å²) in [6.07, 6.45) is 0. The van der Waals surface area contributed by atoms with E-state index in [2.05, 4.69) is 17.9 Å². The van der Waals surface area contributed by atoms with Gasteiger partial charge in [0.05, 0.1) is 10.6 Å². The number of hydrogen-bond donors (Lipinski definition) is 2. The first-order valence-corrected chi connectivity index (χ1v) is 7.25. The van der Waals surface area contributed by atoms with Crippen molar-refractivity contribution in [2.75, 3.05) is 5.32 Å². The summed E-state index contributed by atoms with van der Waals surface area (Å²) in [4.78, 5) is 13.0. The molecule has 0 unspecified atom stereocenters. The summed E-state index contributed by atoms with van der Waals surface area (Å²) in [6, 6.07) is 18.8. The Balaban J connectivity index is 1.90. The zero-order chi connectivity index (χ0) is 14.8. The predicted octanol–water partition coefficient (Wildman–Crippen LogP) is 5.03. The number of amides is 1. The van der Waals surface area contributed by atoms with Crippen molar-refractivity contribution in [2.24, 2.45) is 0 Å². The molecule has 0 radical (unpaired) electrons. The van der Waals surface area contributed by atoms with E-state index < -0.39 is 0 Å². The third-order valence-corrected chi connectivity index (χ3v) is 3.81. The number of carbonyl (C=O) groups excluding carboxylic acids is 1. The Hall–Kier alpha value is -1.97. The van der Waals surface area contributed by atoms with E-state index in [4.69, 9.17) is 11.6 Å². The van der Waals surface area contributed by atoms with E-state index in [1.165, 1.54) is 0 Å². The van der Waals surface area contributed by atoms with Crippen LogP contribution in [0.1, 0.15) is 10.4 Å². The van der Waals surface area contributed by atoms with Gasteiger partial charge in [-0.2, -0.15) is 0 Å². The van der Waals surface area contributed by atoms with Gasteiger partial charge in [-0.3, -0.25) is 4.79 Å². The summed E-state index contributed by atoms with van der Waals surface area (Å²) >= 11 is 10.3. The smallest absolute Gasteiger partial charge is 0.257 e. The molecule has 0 heterocycles. The highest BCUT2D eigenvalue weighted by Gasteiger charge is 2.11. The molecule has 0 fully saturated rings. The molecule has 1 N–H and O–H groups in total. The monoisotopic (exact) mass is 313 g/mol. The van der Waals surface area contributed by atoms with E-state index in [0.717, 1.165) is 16.5 Å². The Bertz CT molecular complexity index is 832. The topological polar surface area (TPSA) is 29.1 Å². The highest BCUT2D eigenvalue weighted by atomic mass is 35.5. The molecular formula is C17H12ClNOS. The maximum Gasteiger partial charge on any atom is 0.257 e. The molecule has 3 rings (SSSR count). The van der Waals surface area contributed by atoms with Gasteiger partial charge in [-0.25, -0.2) is 0 Å². The summed E-state index contributed by atoms with van der Waals surface area (Å²) in [5, 5.41) is 5.47. The van der Waals surface area contributed by atoms with Crippen LogP contribution in [0.2, 0.25) is 5.02 Å². The SMILES string of the molecule is O=C(Nc1ccc2ccccc2c1)c1cc(S)ccc1Cl. The van der Waals surface area contributed by atoms with Gasteiger partial charge in [0.1, 0.15) is 0 Å². The molecule has 21 heavy (non-hydrogen) atoms. The van der Waals surface area contributed by atoms with Crippen LogP contribution in [0, 0.1) is 0 Å². The fourth-order valence-electron chi connectivity index (χ4n) is 2.15. The van der Waals surface area contributed by atoms with Crippen LogP contribution in [0.25, 0.3) is 10.8 Å². The minimum absolute atomic E-state index is 0.244. The van der Waals surface area contributed by atoms with Gasteiger partial charge in [0, 0.05) is 10.6 Å². The van der Waals surface area contributed by atoms with Crippen molar-refractivity contribution < 1.29 is 4.79 Å². The van der Waals surface area contributed by atoms with Crippen molar-refractivity contribution >= 4 is 46.6 Å². The Morgan fingerprint density at radius 2 is 1.71 bits per heavy atom. The zero-order valence-corrected chi connectivity index (χ0v) is 12.7. The van der Waals surface area contributed by atoms with E-state index in [-0.39, 0.29) is 5.91 Å². The number of anilines is 1. The van der Waals surface area contributed by atoms with E-state index in [1.807, 2.05) is 42.5 Å². The highest BCUT2D eigenvalue weighted by molar-refractivity contribution is 7.80. The first-order chi connectivity index (χ1) is 10.1. The molecule has 104 valence electrons. The lowest BCUT2D eigenvalue weighted by Crippen LogP contribution is -2.12. The van der Waals surface area contributed by atoms with Crippen LogP contribution in [0.5, 0.6) is 0 Å². The number of fused-ring (bicyclic) bond motifs is 1. The second-order valence-electron chi connectivity index (χ2n) is 4.68. The number of halogens is 1. The Kier molecular flexibility index (Phi) is 3.86. The largest absolute Gasteiger partial charge is 0.322 e. The molecule has 4 heteroatoms. The van der Waals surface area contributed by atoms with E-state index >= 15 is 0 Å². The molecule has 0 saturated carbocycles. The van der Waals surface area contributed by atoms with Gasteiger partial charge < -0.3 is 5.32 Å². The van der Waals surface area contributed by atoms with Crippen LogP contribution in [-0.2, 0) is 0 Å². The minimum Gasteiger partial charge on any atom is -0.322 e. The second-order valence-corrected chi connectivity index (χ2v) is 5.60. The third-order valence-electron chi connectivity index (χ3n) is 3.20. The Morgan fingerprint density at radius 3 is 2.52 bits per heavy atom. The molecule has 0 aromatic heterocycles. The first-order valence-electron chi connectivity index (χ1n) is 6.42. The van der Waals surface area contributed by atoms with Crippen LogP contribution in [0.3, 0.4) is 0 Å². The van der Waals surface area contributed by atoms with Crippen molar-refractivity contribution in [2.45, 2.75) is 4.90 Å². The average Bonchev–Trinajstić information content (AvgIpc) is 2.49. The lowest BCUT2D eigenvalue weighted by Gasteiger charge is -2.08. The quantitative estimate of drug-likeness (QED) is 0.638. The standard InChI is InChI=1S/C17H12ClNOS/c18-16-8-7-14(21)10-15(16)17(20)19-13-6-5-11-3-1-2-4-12(11)9-13/h1-10,21H,(H,19,20). The lowest BCUT2D eigenvalue weighted by atomic mass is 10.1. The fourth-order valence-corrected chi connectivity index (χ4v) is 2.56. The van der Waals surface area contributed by atoms with Crippen molar-refractivity contribution in [1.82, 2.24) is 0 Å². The molecule has 0 aliphatic heterocycles. The van der Waals surface area contributed by atoms with Crippen LogP contribution in [0.15, 0.2) is 65.6 Å². The number of hydrogen-bond acceptors (Lipinski definition) is 2. The maximum absolute atomic E-state index is 12.3. The Labute approximate surface area is 133 Å². The van der Waals surface area contributed by atoms with Gasteiger partial charge in [0.2, 0.25) is 0 Å². The van der Waals surface area contributed by atoms with Gasteiger partial charge in [0.15, 0.2) is 0 Å². The van der Waals surface area contributed by atoms with Crippen molar-refractivity contribution in [3.8, 4) is 0 Å². The molecule has 0 aliphatic rings. The first kappa shape index (κ1) is 14.0. The summed E-state index contributed by atoms with van der Waals surface area (Å²) in [7, 11) is 0. The van der Waals surface area contributed by atoms with E-state index in [9.17, 15) is 4.79 Å². The third kappa shape index (κ3) is 3.04. The molecule has 0 atom stereocenters. The predicted molar refractivity (Wildman–Crippen MR) is 90.6 cm³/mol. The van der Waals surface area contributed by atoms with Crippen molar-refractivity contribution in [1.29, 1.82) is 0 Å². The van der Waals surface area contributed by atoms with E-state index in [0.29, 0.717) is 15.5 Å². The molecule has 0 aliphatic carbocycles. The normalized spacial score (nSPS) is 10.6. The van der Waals surface area contributed by atoms with Crippen LogP contribution >= 0.6 is 24.2 Å². The van der Waals surface area contributed by atoms with Crippen molar-refractivity contribution in [3.05, 3.63) is 71.2 Å².